The SMILES string of the molecule is CO/C=C/C#CC1(O)CCCC1. The number of aliphatic hydroxyl groups is 1. The molecule has 66 valence electrons. The molecule has 0 saturated heterocycles. The summed E-state index contributed by atoms with van der Waals surface area (Å²) in [5.41, 5.74) is -0.724. The normalized spacial score (nSPS) is 20.5. The maximum absolute atomic E-state index is 9.74. The minimum absolute atomic E-state index is 0.724. The Morgan fingerprint density at radius 2 is 2.08 bits per heavy atom. The lowest BCUT2D eigenvalue weighted by Crippen LogP contribution is -2.20. The van der Waals surface area contributed by atoms with Gasteiger partial charge in [0.25, 0.3) is 0 Å². The van der Waals surface area contributed by atoms with E-state index in [9.17, 15) is 5.11 Å². The van der Waals surface area contributed by atoms with Crippen LogP contribution in [-0.2, 0) is 4.74 Å². The Bertz CT molecular complexity index is 214. The van der Waals surface area contributed by atoms with Crippen molar-refractivity contribution in [2.75, 3.05) is 7.11 Å². The topological polar surface area (TPSA) is 29.5 Å². The molecule has 1 saturated carbocycles. The number of methoxy groups -OCH3 is 1. The monoisotopic (exact) mass is 166 g/mol. The van der Waals surface area contributed by atoms with Gasteiger partial charge in [0.05, 0.1) is 13.4 Å². The van der Waals surface area contributed by atoms with Crippen molar-refractivity contribution in [3.05, 3.63) is 12.3 Å². The molecule has 12 heavy (non-hydrogen) atoms. The van der Waals surface area contributed by atoms with E-state index in [2.05, 4.69) is 16.6 Å². The zero-order valence-electron chi connectivity index (χ0n) is 7.34. The standard InChI is InChI=1S/C10H14O2/c1-12-9-5-4-8-10(11)6-2-3-7-10/h5,9,11H,2-3,6-7H2,1H3/b9-5+. The van der Waals surface area contributed by atoms with Gasteiger partial charge in [-0.1, -0.05) is 11.8 Å². The van der Waals surface area contributed by atoms with Gasteiger partial charge >= 0.3 is 0 Å². The fourth-order valence-electron chi connectivity index (χ4n) is 1.36. The lowest BCUT2D eigenvalue weighted by atomic mass is 10.0. The van der Waals surface area contributed by atoms with Crippen LogP contribution in [0.15, 0.2) is 12.3 Å². The molecule has 1 N–H and O–H groups in total. The molecule has 0 aliphatic heterocycles. The largest absolute Gasteiger partial charge is 0.504 e. The first-order chi connectivity index (χ1) is 5.77. The summed E-state index contributed by atoms with van der Waals surface area (Å²) >= 11 is 0. The smallest absolute Gasteiger partial charge is 0.125 e. The number of allylic oxidation sites excluding steroid dienone is 1. The van der Waals surface area contributed by atoms with Gasteiger partial charge in [0, 0.05) is 6.08 Å². The molecular formula is C10H14O2. The Morgan fingerprint density at radius 1 is 1.42 bits per heavy atom. The Morgan fingerprint density at radius 3 is 2.67 bits per heavy atom. The number of ether oxygens (including phenoxy) is 1. The van der Waals surface area contributed by atoms with Gasteiger partial charge in [-0.3, -0.25) is 0 Å². The molecule has 0 amide bonds. The van der Waals surface area contributed by atoms with Gasteiger partial charge in [-0.15, -0.1) is 0 Å². The minimum atomic E-state index is -0.724. The molecule has 0 aromatic carbocycles. The molecule has 2 heteroatoms. The van der Waals surface area contributed by atoms with E-state index < -0.39 is 5.60 Å². The highest BCUT2D eigenvalue weighted by atomic mass is 16.5. The summed E-state index contributed by atoms with van der Waals surface area (Å²) < 4.78 is 4.67. The molecule has 0 unspecified atom stereocenters. The van der Waals surface area contributed by atoms with E-state index in [1.807, 2.05) is 0 Å². The first-order valence-corrected chi connectivity index (χ1v) is 4.20. The van der Waals surface area contributed by atoms with Gasteiger partial charge in [-0.05, 0) is 25.7 Å². The maximum Gasteiger partial charge on any atom is 0.125 e. The van der Waals surface area contributed by atoms with Crippen molar-refractivity contribution in [1.29, 1.82) is 0 Å². The summed E-state index contributed by atoms with van der Waals surface area (Å²) in [4.78, 5) is 0. The second-order valence-electron chi connectivity index (χ2n) is 3.05. The van der Waals surface area contributed by atoms with Crippen LogP contribution >= 0.6 is 0 Å². The summed E-state index contributed by atoms with van der Waals surface area (Å²) in [6.07, 6.45) is 6.89. The van der Waals surface area contributed by atoms with Crippen LogP contribution in [0.4, 0.5) is 0 Å². The van der Waals surface area contributed by atoms with Gasteiger partial charge in [0.15, 0.2) is 0 Å². The molecule has 1 fully saturated rings. The first-order valence-electron chi connectivity index (χ1n) is 4.20. The molecule has 0 bridgehead atoms. The quantitative estimate of drug-likeness (QED) is 0.472. The van der Waals surface area contributed by atoms with E-state index in [0.29, 0.717) is 0 Å². The second kappa shape index (κ2) is 4.18. The van der Waals surface area contributed by atoms with Crippen molar-refractivity contribution >= 4 is 0 Å². The molecule has 2 nitrogen and oxygen atoms in total. The molecular weight excluding hydrogens is 152 g/mol. The average molecular weight is 166 g/mol. The zero-order valence-corrected chi connectivity index (χ0v) is 7.34. The zero-order chi connectivity index (χ0) is 8.86. The molecule has 1 rings (SSSR count). The second-order valence-corrected chi connectivity index (χ2v) is 3.05. The Kier molecular flexibility index (Phi) is 3.19. The number of hydrogen-bond acceptors (Lipinski definition) is 2. The molecule has 0 heterocycles. The fraction of sp³-hybridized carbons (Fsp3) is 0.600. The van der Waals surface area contributed by atoms with Crippen LogP contribution in [0, 0.1) is 11.8 Å². The lowest BCUT2D eigenvalue weighted by molar-refractivity contribution is 0.110. The Hall–Kier alpha value is -0.940. The third-order valence-corrected chi connectivity index (χ3v) is 2.02. The van der Waals surface area contributed by atoms with Gasteiger partial charge in [0.2, 0.25) is 0 Å². The van der Waals surface area contributed by atoms with E-state index in [-0.39, 0.29) is 0 Å². The van der Waals surface area contributed by atoms with E-state index in [1.165, 1.54) is 6.26 Å². The maximum atomic E-state index is 9.74. The van der Waals surface area contributed by atoms with Crippen LogP contribution in [0.25, 0.3) is 0 Å². The van der Waals surface area contributed by atoms with Gasteiger partial charge < -0.3 is 9.84 Å². The van der Waals surface area contributed by atoms with Crippen molar-refractivity contribution in [3.8, 4) is 11.8 Å². The van der Waals surface area contributed by atoms with Crippen LogP contribution in [0.1, 0.15) is 25.7 Å². The van der Waals surface area contributed by atoms with E-state index in [4.69, 9.17) is 0 Å². The van der Waals surface area contributed by atoms with Gasteiger partial charge in [-0.2, -0.15) is 0 Å². The van der Waals surface area contributed by atoms with Crippen molar-refractivity contribution in [3.63, 3.8) is 0 Å². The van der Waals surface area contributed by atoms with Crippen LogP contribution in [0.2, 0.25) is 0 Å². The van der Waals surface area contributed by atoms with Crippen LogP contribution in [-0.4, -0.2) is 17.8 Å². The Balaban J connectivity index is 2.45. The third kappa shape index (κ3) is 2.60. The van der Waals surface area contributed by atoms with Crippen LogP contribution in [0.3, 0.4) is 0 Å². The molecule has 0 spiro atoms. The van der Waals surface area contributed by atoms with Gasteiger partial charge in [0.1, 0.15) is 5.60 Å². The molecule has 0 aromatic rings. The van der Waals surface area contributed by atoms with Crippen LogP contribution in [0.5, 0.6) is 0 Å². The summed E-state index contributed by atoms with van der Waals surface area (Å²) in [5, 5.41) is 9.74. The van der Waals surface area contributed by atoms with Crippen molar-refractivity contribution in [2.24, 2.45) is 0 Å². The highest BCUT2D eigenvalue weighted by molar-refractivity contribution is 5.22. The summed E-state index contributed by atoms with van der Waals surface area (Å²) in [6.45, 7) is 0. The number of rotatable bonds is 1. The van der Waals surface area contributed by atoms with E-state index >= 15 is 0 Å². The average Bonchev–Trinajstić information content (AvgIpc) is 2.47. The Labute approximate surface area is 73.2 Å². The minimum Gasteiger partial charge on any atom is -0.504 e. The molecule has 0 atom stereocenters. The molecule has 1 aliphatic carbocycles. The molecule has 0 aromatic heterocycles. The van der Waals surface area contributed by atoms with Crippen molar-refractivity contribution in [2.45, 2.75) is 31.3 Å². The first kappa shape index (κ1) is 9.15. The van der Waals surface area contributed by atoms with Crippen molar-refractivity contribution in [1.82, 2.24) is 0 Å². The number of hydrogen-bond donors (Lipinski definition) is 1. The summed E-state index contributed by atoms with van der Waals surface area (Å²) in [6, 6.07) is 0. The predicted octanol–water partition coefficient (Wildman–Crippen LogP) is 1.46. The van der Waals surface area contributed by atoms with Crippen LogP contribution < -0.4 is 0 Å². The lowest BCUT2D eigenvalue weighted by Gasteiger charge is -2.12. The van der Waals surface area contributed by atoms with E-state index in [0.717, 1.165) is 25.7 Å². The fourth-order valence-corrected chi connectivity index (χ4v) is 1.36. The highest BCUT2D eigenvalue weighted by Crippen LogP contribution is 2.28. The molecule has 1 aliphatic rings. The molecule has 0 radical (unpaired) electrons. The van der Waals surface area contributed by atoms with E-state index in [1.54, 1.807) is 13.2 Å². The third-order valence-electron chi connectivity index (χ3n) is 2.02. The summed E-state index contributed by atoms with van der Waals surface area (Å²) in [5.74, 6) is 5.59. The van der Waals surface area contributed by atoms with Gasteiger partial charge in [-0.25, -0.2) is 0 Å². The summed E-state index contributed by atoms with van der Waals surface area (Å²) in [7, 11) is 1.57. The van der Waals surface area contributed by atoms with Crippen molar-refractivity contribution < 1.29 is 9.84 Å². The predicted molar refractivity (Wildman–Crippen MR) is 47.3 cm³/mol. The highest BCUT2D eigenvalue weighted by Gasteiger charge is 2.28.